The fourth-order valence-electron chi connectivity index (χ4n) is 1.80. The number of carbonyl (C=O) groups excluding carboxylic acids is 1. The van der Waals surface area contributed by atoms with Crippen LogP contribution >= 0.6 is 27.5 Å². The Kier molecular flexibility index (Phi) is 5.20. The normalized spacial score (nSPS) is 10.3. The highest BCUT2D eigenvalue weighted by Crippen LogP contribution is 2.24. The zero-order valence-electron chi connectivity index (χ0n) is 11.2. The third kappa shape index (κ3) is 4.44. The molecule has 110 valence electrons. The second-order valence-electron chi connectivity index (χ2n) is 4.47. The van der Waals surface area contributed by atoms with Crippen molar-refractivity contribution >= 4 is 44.8 Å². The molecule has 2 aromatic rings. The van der Waals surface area contributed by atoms with E-state index in [0.717, 1.165) is 10.0 Å². The van der Waals surface area contributed by atoms with Crippen LogP contribution in [0.2, 0.25) is 5.02 Å². The van der Waals surface area contributed by atoms with Gasteiger partial charge in [0.15, 0.2) is 0 Å². The van der Waals surface area contributed by atoms with E-state index in [4.69, 9.17) is 11.6 Å². The van der Waals surface area contributed by atoms with Crippen molar-refractivity contribution in [2.24, 2.45) is 0 Å². The standard InChI is InChI=1S/C15H13BrClFN2O/c1-9(21)20-15-7-12(3-5-14(15)18)19-8-10-6-11(17)2-4-13(10)16/h2-7,19H,8H2,1H3,(H,20,21). The van der Waals surface area contributed by atoms with Crippen LogP contribution in [0.5, 0.6) is 0 Å². The van der Waals surface area contributed by atoms with E-state index in [1.165, 1.54) is 13.0 Å². The van der Waals surface area contributed by atoms with Gasteiger partial charge in [-0.3, -0.25) is 4.79 Å². The van der Waals surface area contributed by atoms with Crippen LogP contribution in [0.4, 0.5) is 15.8 Å². The van der Waals surface area contributed by atoms with Crippen molar-refractivity contribution < 1.29 is 9.18 Å². The van der Waals surface area contributed by atoms with Crippen molar-refractivity contribution in [3.63, 3.8) is 0 Å². The van der Waals surface area contributed by atoms with Gasteiger partial charge in [0.2, 0.25) is 5.91 Å². The molecule has 0 fully saturated rings. The average molecular weight is 372 g/mol. The number of carbonyl (C=O) groups is 1. The van der Waals surface area contributed by atoms with Crippen molar-refractivity contribution in [3.8, 4) is 0 Å². The molecule has 0 heterocycles. The second-order valence-corrected chi connectivity index (χ2v) is 5.76. The number of anilines is 2. The lowest BCUT2D eigenvalue weighted by Gasteiger charge is -2.11. The summed E-state index contributed by atoms with van der Waals surface area (Å²) in [4.78, 5) is 11.0. The molecule has 0 spiro atoms. The predicted molar refractivity (Wildman–Crippen MR) is 87.2 cm³/mol. The number of amides is 1. The maximum atomic E-state index is 13.5. The van der Waals surface area contributed by atoms with E-state index in [1.54, 1.807) is 18.2 Å². The van der Waals surface area contributed by atoms with Crippen molar-refractivity contribution in [3.05, 3.63) is 57.3 Å². The molecule has 0 aliphatic rings. The van der Waals surface area contributed by atoms with Crippen molar-refractivity contribution in [1.82, 2.24) is 0 Å². The predicted octanol–water partition coefficient (Wildman–Crippen LogP) is 4.81. The highest BCUT2D eigenvalue weighted by Gasteiger charge is 2.06. The molecule has 2 N–H and O–H groups in total. The number of hydrogen-bond acceptors (Lipinski definition) is 2. The van der Waals surface area contributed by atoms with Gasteiger partial charge >= 0.3 is 0 Å². The van der Waals surface area contributed by atoms with E-state index in [1.807, 2.05) is 12.1 Å². The lowest BCUT2D eigenvalue weighted by Crippen LogP contribution is -2.08. The minimum Gasteiger partial charge on any atom is -0.381 e. The van der Waals surface area contributed by atoms with E-state index >= 15 is 0 Å². The summed E-state index contributed by atoms with van der Waals surface area (Å²) in [5, 5.41) is 6.26. The number of benzene rings is 2. The summed E-state index contributed by atoms with van der Waals surface area (Å²) >= 11 is 9.40. The van der Waals surface area contributed by atoms with Gasteiger partial charge in [-0.2, -0.15) is 0 Å². The molecule has 0 unspecified atom stereocenters. The Morgan fingerprint density at radius 1 is 1.29 bits per heavy atom. The summed E-state index contributed by atoms with van der Waals surface area (Å²) in [6.07, 6.45) is 0. The van der Waals surface area contributed by atoms with Crippen LogP contribution in [0.1, 0.15) is 12.5 Å². The van der Waals surface area contributed by atoms with Gasteiger partial charge in [0.05, 0.1) is 5.69 Å². The molecule has 0 aromatic heterocycles. The third-order valence-corrected chi connectivity index (χ3v) is 3.78. The SMILES string of the molecule is CC(=O)Nc1cc(NCc2cc(Cl)ccc2Br)ccc1F. The molecular formula is C15H13BrClFN2O. The smallest absolute Gasteiger partial charge is 0.221 e. The van der Waals surface area contributed by atoms with Crippen LogP contribution in [0.15, 0.2) is 40.9 Å². The Balaban J connectivity index is 2.13. The monoisotopic (exact) mass is 370 g/mol. The first-order valence-electron chi connectivity index (χ1n) is 6.20. The summed E-state index contributed by atoms with van der Waals surface area (Å²) in [5.41, 5.74) is 1.83. The molecule has 6 heteroatoms. The highest BCUT2D eigenvalue weighted by atomic mass is 79.9. The van der Waals surface area contributed by atoms with Crippen molar-refractivity contribution in [2.45, 2.75) is 13.5 Å². The van der Waals surface area contributed by atoms with Gasteiger partial charge in [-0.1, -0.05) is 27.5 Å². The molecule has 2 aromatic carbocycles. The third-order valence-electron chi connectivity index (χ3n) is 2.77. The quantitative estimate of drug-likeness (QED) is 0.809. The van der Waals surface area contributed by atoms with E-state index < -0.39 is 5.82 Å². The molecule has 0 radical (unpaired) electrons. The number of hydrogen-bond donors (Lipinski definition) is 2. The molecule has 21 heavy (non-hydrogen) atoms. The first-order valence-corrected chi connectivity index (χ1v) is 7.38. The molecule has 0 atom stereocenters. The summed E-state index contributed by atoms with van der Waals surface area (Å²) < 4.78 is 14.5. The first kappa shape index (κ1) is 15.8. The molecule has 0 saturated heterocycles. The molecule has 0 bridgehead atoms. The molecule has 3 nitrogen and oxygen atoms in total. The van der Waals surface area contributed by atoms with E-state index in [0.29, 0.717) is 17.3 Å². The van der Waals surface area contributed by atoms with Crippen molar-refractivity contribution in [2.75, 3.05) is 10.6 Å². The molecule has 2 rings (SSSR count). The van der Waals surface area contributed by atoms with E-state index in [2.05, 4.69) is 26.6 Å². The van der Waals surface area contributed by atoms with Crippen LogP contribution in [-0.2, 0) is 11.3 Å². The van der Waals surface area contributed by atoms with Gasteiger partial charge in [0.1, 0.15) is 5.82 Å². The first-order chi connectivity index (χ1) is 9.95. The van der Waals surface area contributed by atoms with Gasteiger partial charge in [0.25, 0.3) is 0 Å². The lowest BCUT2D eigenvalue weighted by atomic mass is 10.2. The Hall–Kier alpha value is -1.59. The maximum absolute atomic E-state index is 13.5. The summed E-state index contributed by atoms with van der Waals surface area (Å²) in [6, 6.07) is 9.97. The maximum Gasteiger partial charge on any atom is 0.221 e. The number of nitrogens with one attached hydrogen (secondary N) is 2. The Labute approximate surface area is 135 Å². The Bertz CT molecular complexity index is 679. The van der Waals surface area contributed by atoms with Gasteiger partial charge < -0.3 is 10.6 Å². The van der Waals surface area contributed by atoms with E-state index in [9.17, 15) is 9.18 Å². The molecule has 1 amide bonds. The minimum atomic E-state index is -0.473. The zero-order chi connectivity index (χ0) is 15.4. The topological polar surface area (TPSA) is 41.1 Å². The van der Waals surface area contributed by atoms with Crippen LogP contribution in [0, 0.1) is 5.82 Å². The highest BCUT2D eigenvalue weighted by molar-refractivity contribution is 9.10. The van der Waals surface area contributed by atoms with Gasteiger partial charge in [0, 0.05) is 28.7 Å². The van der Waals surface area contributed by atoms with Gasteiger partial charge in [-0.15, -0.1) is 0 Å². The largest absolute Gasteiger partial charge is 0.381 e. The fraction of sp³-hybridized carbons (Fsp3) is 0.133. The van der Waals surface area contributed by atoms with Crippen LogP contribution in [0.3, 0.4) is 0 Å². The van der Waals surface area contributed by atoms with E-state index in [-0.39, 0.29) is 11.6 Å². The Morgan fingerprint density at radius 3 is 2.76 bits per heavy atom. The summed E-state index contributed by atoms with van der Waals surface area (Å²) in [5.74, 6) is -0.789. The molecule has 0 saturated carbocycles. The van der Waals surface area contributed by atoms with Crippen LogP contribution in [-0.4, -0.2) is 5.91 Å². The summed E-state index contributed by atoms with van der Waals surface area (Å²) in [6.45, 7) is 1.86. The molecule has 0 aliphatic heterocycles. The van der Waals surface area contributed by atoms with Gasteiger partial charge in [-0.25, -0.2) is 4.39 Å². The fourth-order valence-corrected chi connectivity index (χ4v) is 2.38. The van der Waals surface area contributed by atoms with Crippen molar-refractivity contribution in [1.29, 1.82) is 0 Å². The zero-order valence-corrected chi connectivity index (χ0v) is 13.6. The second kappa shape index (κ2) is 6.91. The Morgan fingerprint density at radius 2 is 2.05 bits per heavy atom. The average Bonchev–Trinajstić information content (AvgIpc) is 2.42. The number of rotatable bonds is 4. The number of halogens is 3. The molecule has 0 aliphatic carbocycles. The molecular weight excluding hydrogens is 359 g/mol. The minimum absolute atomic E-state index is 0.151. The van der Waals surface area contributed by atoms with Gasteiger partial charge in [-0.05, 0) is 42.0 Å². The van der Waals surface area contributed by atoms with Crippen LogP contribution in [0.25, 0.3) is 0 Å². The summed E-state index contributed by atoms with van der Waals surface area (Å²) in [7, 11) is 0. The van der Waals surface area contributed by atoms with Crippen LogP contribution < -0.4 is 10.6 Å². The lowest BCUT2D eigenvalue weighted by molar-refractivity contribution is -0.114.